The van der Waals surface area contributed by atoms with E-state index in [-0.39, 0.29) is 12.4 Å². The third-order valence-electron chi connectivity index (χ3n) is 8.09. The number of hydrogen-bond acceptors (Lipinski definition) is 2. The Morgan fingerprint density at radius 3 is 2.06 bits per heavy atom. The van der Waals surface area contributed by atoms with Crippen molar-refractivity contribution in [1.29, 1.82) is 0 Å². The Kier molecular flexibility index (Phi) is 8.63. The molecule has 36 heavy (non-hydrogen) atoms. The van der Waals surface area contributed by atoms with Gasteiger partial charge in [-0.15, -0.1) is 6.58 Å². The van der Waals surface area contributed by atoms with Crippen molar-refractivity contribution in [3.8, 4) is 11.5 Å². The topological polar surface area (TPSA) is 18.5 Å². The lowest BCUT2D eigenvalue weighted by molar-refractivity contribution is -0.187. The molecule has 2 aliphatic carbocycles. The first-order chi connectivity index (χ1) is 17.3. The summed E-state index contributed by atoms with van der Waals surface area (Å²) in [6.45, 7) is 5.56. The van der Waals surface area contributed by atoms with E-state index in [1.807, 2.05) is 18.2 Å². The van der Waals surface area contributed by atoms with E-state index in [0.29, 0.717) is 5.92 Å². The molecule has 0 aromatic heterocycles. The van der Waals surface area contributed by atoms with Crippen LogP contribution in [0.2, 0.25) is 0 Å². The normalized spacial score (nSPS) is 24.8. The zero-order chi connectivity index (χ0) is 25.7. The minimum atomic E-state index is -4.03. The largest absolute Gasteiger partial charge is 0.491 e. The highest BCUT2D eigenvalue weighted by molar-refractivity contribution is 5.35. The average Bonchev–Trinajstić information content (AvgIpc) is 2.88. The zero-order valence-corrected chi connectivity index (χ0v) is 21.0. The van der Waals surface area contributed by atoms with Gasteiger partial charge >= 0.3 is 6.11 Å². The van der Waals surface area contributed by atoms with Crippen molar-refractivity contribution in [1.82, 2.24) is 0 Å². The number of halogens is 4. The predicted octanol–water partition coefficient (Wildman–Crippen LogP) is 9.15. The van der Waals surface area contributed by atoms with Gasteiger partial charge in [0.1, 0.15) is 11.3 Å². The van der Waals surface area contributed by atoms with Crippen molar-refractivity contribution in [2.75, 3.05) is 6.61 Å². The third kappa shape index (κ3) is 6.07. The van der Waals surface area contributed by atoms with Crippen LogP contribution in [0.1, 0.15) is 81.8 Å². The molecule has 2 aromatic rings. The van der Waals surface area contributed by atoms with Crippen molar-refractivity contribution in [3.63, 3.8) is 0 Å². The molecule has 6 heteroatoms. The first-order valence-corrected chi connectivity index (χ1v) is 13.2. The zero-order valence-electron chi connectivity index (χ0n) is 21.0. The Morgan fingerprint density at radius 1 is 0.861 bits per heavy atom. The molecule has 2 nitrogen and oxygen atoms in total. The number of alkyl halides is 2. The van der Waals surface area contributed by atoms with Crippen molar-refractivity contribution in [3.05, 3.63) is 71.8 Å². The minimum absolute atomic E-state index is 0.0910. The Balaban J connectivity index is 1.33. The molecule has 196 valence electrons. The van der Waals surface area contributed by atoms with Gasteiger partial charge in [0.05, 0.1) is 6.61 Å². The molecule has 0 radical (unpaired) electrons. The van der Waals surface area contributed by atoms with Gasteiger partial charge in [-0.1, -0.05) is 18.2 Å². The van der Waals surface area contributed by atoms with Crippen LogP contribution >= 0.6 is 0 Å². The molecule has 0 atom stereocenters. The molecule has 0 heterocycles. The van der Waals surface area contributed by atoms with E-state index in [4.69, 9.17) is 9.47 Å². The van der Waals surface area contributed by atoms with Crippen molar-refractivity contribution < 1.29 is 27.0 Å². The minimum Gasteiger partial charge on any atom is -0.491 e. The second kappa shape index (κ2) is 11.7. The second-order valence-electron chi connectivity index (χ2n) is 10.3. The van der Waals surface area contributed by atoms with E-state index in [9.17, 15) is 17.6 Å². The quantitative estimate of drug-likeness (QED) is 0.250. The molecule has 4 rings (SSSR count). The lowest BCUT2D eigenvalue weighted by Gasteiger charge is -2.38. The van der Waals surface area contributed by atoms with Gasteiger partial charge in [-0.2, -0.15) is 13.2 Å². The number of rotatable bonds is 9. The maximum atomic E-state index is 14.7. The van der Waals surface area contributed by atoms with Gasteiger partial charge in [-0.25, -0.2) is 4.39 Å². The van der Waals surface area contributed by atoms with Gasteiger partial charge in [0.2, 0.25) is 5.82 Å². The second-order valence-corrected chi connectivity index (χ2v) is 10.3. The lowest BCUT2D eigenvalue weighted by atomic mass is 9.68. The molecule has 0 saturated heterocycles. The molecular weight excluding hydrogens is 468 g/mol. The van der Waals surface area contributed by atoms with Crippen molar-refractivity contribution in [2.24, 2.45) is 17.8 Å². The number of allylic oxidation sites excluding steroid dienone is 1. The third-order valence-corrected chi connectivity index (χ3v) is 8.09. The molecule has 0 amide bonds. The van der Waals surface area contributed by atoms with Crippen molar-refractivity contribution in [2.45, 2.75) is 76.7 Å². The average molecular weight is 505 g/mol. The van der Waals surface area contributed by atoms with Crippen LogP contribution in [0.15, 0.2) is 49.1 Å². The van der Waals surface area contributed by atoms with Crippen LogP contribution in [-0.4, -0.2) is 6.61 Å². The summed E-state index contributed by atoms with van der Waals surface area (Å²) in [6.07, 6.45) is 9.06. The smallest absolute Gasteiger partial charge is 0.429 e. The van der Waals surface area contributed by atoms with E-state index in [1.54, 1.807) is 6.92 Å². The summed E-state index contributed by atoms with van der Waals surface area (Å²) in [5, 5.41) is 0. The lowest BCUT2D eigenvalue weighted by Crippen LogP contribution is -2.25. The number of benzene rings is 2. The van der Waals surface area contributed by atoms with Crippen molar-refractivity contribution >= 4 is 0 Å². The predicted molar refractivity (Wildman–Crippen MR) is 133 cm³/mol. The first kappa shape index (κ1) is 26.6. The maximum absolute atomic E-state index is 14.7. The van der Waals surface area contributed by atoms with Crippen LogP contribution < -0.4 is 9.47 Å². The fourth-order valence-corrected chi connectivity index (χ4v) is 6.09. The summed E-state index contributed by atoms with van der Waals surface area (Å²) < 4.78 is 67.4. The molecule has 2 fully saturated rings. The van der Waals surface area contributed by atoms with E-state index in [1.165, 1.54) is 50.7 Å². The molecule has 2 aliphatic rings. The summed E-state index contributed by atoms with van der Waals surface area (Å²) in [6, 6.07) is 8.37. The summed E-state index contributed by atoms with van der Waals surface area (Å²) >= 11 is 0. The van der Waals surface area contributed by atoms with Crippen LogP contribution in [-0.2, 0) is 6.11 Å². The van der Waals surface area contributed by atoms with E-state index in [2.05, 4.69) is 6.58 Å². The molecule has 0 spiro atoms. The SMILES string of the molecule is C=CCC1CCC(C2CCC(c3ccc(OC(F)(F)c4ccc(OCC)c(F)c4F)cc3)CC2)CC1. The van der Waals surface area contributed by atoms with Gasteiger partial charge < -0.3 is 9.47 Å². The van der Waals surface area contributed by atoms with Crippen LogP contribution in [0, 0.1) is 29.4 Å². The van der Waals surface area contributed by atoms with Crippen LogP contribution in [0.4, 0.5) is 17.6 Å². The summed E-state index contributed by atoms with van der Waals surface area (Å²) in [5.74, 6) is -0.786. The number of ether oxygens (including phenoxy) is 2. The molecular formula is C30H36F4O2. The molecule has 2 aromatic carbocycles. The Labute approximate surface area is 211 Å². The Hall–Kier alpha value is -2.50. The summed E-state index contributed by atoms with van der Waals surface area (Å²) in [4.78, 5) is 0. The molecule has 0 unspecified atom stereocenters. The van der Waals surface area contributed by atoms with Gasteiger partial charge in [-0.05, 0) is 118 Å². The molecule has 2 saturated carbocycles. The standard InChI is InChI=1S/C30H36F4O2/c1-3-5-20-6-8-21(9-7-20)22-10-12-23(13-11-22)24-14-16-25(17-15-24)36-30(33,34)26-18-19-27(35-4-2)29(32)28(26)31/h3,14-23H,1,4-13H2,2H3. The van der Waals surface area contributed by atoms with Gasteiger partial charge in [0.15, 0.2) is 11.6 Å². The van der Waals surface area contributed by atoms with Crippen LogP contribution in [0.25, 0.3) is 0 Å². The van der Waals surface area contributed by atoms with Gasteiger partial charge in [0, 0.05) is 0 Å². The fraction of sp³-hybridized carbons (Fsp3) is 0.533. The van der Waals surface area contributed by atoms with E-state index >= 15 is 0 Å². The molecule has 0 bridgehead atoms. The highest BCUT2D eigenvalue weighted by Crippen LogP contribution is 2.45. The van der Waals surface area contributed by atoms with Gasteiger partial charge in [0.25, 0.3) is 0 Å². The number of hydrogen-bond donors (Lipinski definition) is 0. The highest BCUT2D eigenvalue weighted by Gasteiger charge is 2.39. The van der Waals surface area contributed by atoms with E-state index in [0.717, 1.165) is 54.7 Å². The Bertz CT molecular complexity index is 1000. The maximum Gasteiger partial charge on any atom is 0.429 e. The first-order valence-electron chi connectivity index (χ1n) is 13.2. The van der Waals surface area contributed by atoms with Crippen LogP contribution in [0.5, 0.6) is 11.5 Å². The van der Waals surface area contributed by atoms with Gasteiger partial charge in [-0.3, -0.25) is 0 Å². The summed E-state index contributed by atoms with van der Waals surface area (Å²) in [5.41, 5.74) is -0.0542. The highest BCUT2D eigenvalue weighted by atomic mass is 19.3. The monoisotopic (exact) mass is 504 g/mol. The van der Waals surface area contributed by atoms with E-state index < -0.39 is 29.1 Å². The molecule has 0 aliphatic heterocycles. The summed E-state index contributed by atoms with van der Waals surface area (Å²) in [7, 11) is 0. The molecule has 0 N–H and O–H groups in total. The Morgan fingerprint density at radius 2 is 1.47 bits per heavy atom. The fourth-order valence-electron chi connectivity index (χ4n) is 6.09. The van der Waals surface area contributed by atoms with Crippen LogP contribution in [0.3, 0.4) is 0 Å².